The van der Waals surface area contributed by atoms with Crippen LogP contribution in [0.15, 0.2) is 0 Å². The van der Waals surface area contributed by atoms with Gasteiger partial charge in [0.25, 0.3) is 0 Å². The fourth-order valence-electron chi connectivity index (χ4n) is 1.78. The number of ether oxygens (including phenoxy) is 2. The molecule has 0 bridgehead atoms. The summed E-state index contributed by atoms with van der Waals surface area (Å²) in [5.41, 5.74) is 5.26. The Morgan fingerprint density at radius 1 is 1.53 bits per heavy atom. The Kier molecular flexibility index (Phi) is 7.11. The summed E-state index contributed by atoms with van der Waals surface area (Å²) in [6.07, 6.45) is 0. The maximum absolute atomic E-state index is 11.4. The summed E-state index contributed by atoms with van der Waals surface area (Å²) in [5, 5.41) is 2.90. The van der Waals surface area contributed by atoms with Crippen molar-refractivity contribution in [1.29, 1.82) is 0 Å². The van der Waals surface area contributed by atoms with Gasteiger partial charge in [-0.25, -0.2) is 0 Å². The summed E-state index contributed by atoms with van der Waals surface area (Å²) in [4.78, 5) is 13.7. The summed E-state index contributed by atoms with van der Waals surface area (Å²) in [6.45, 7) is 7.23. The smallest absolute Gasteiger partial charge is 0.246 e. The zero-order valence-corrected chi connectivity index (χ0v) is 10.5. The zero-order valence-electron chi connectivity index (χ0n) is 10.5. The minimum atomic E-state index is -0.0841. The van der Waals surface area contributed by atoms with Crippen molar-refractivity contribution in [2.45, 2.75) is 13.0 Å². The average molecular weight is 245 g/mol. The van der Waals surface area contributed by atoms with Gasteiger partial charge in [-0.3, -0.25) is 9.69 Å². The van der Waals surface area contributed by atoms with Crippen molar-refractivity contribution in [3.63, 3.8) is 0 Å². The maximum Gasteiger partial charge on any atom is 0.246 e. The predicted molar refractivity (Wildman–Crippen MR) is 64.7 cm³/mol. The van der Waals surface area contributed by atoms with E-state index in [0.717, 1.165) is 32.8 Å². The number of rotatable bonds is 7. The third-order valence-corrected chi connectivity index (χ3v) is 2.54. The van der Waals surface area contributed by atoms with Gasteiger partial charge in [-0.05, 0) is 6.92 Å². The first-order valence-corrected chi connectivity index (χ1v) is 6.09. The molecule has 0 aliphatic carbocycles. The monoisotopic (exact) mass is 245 g/mol. The third kappa shape index (κ3) is 6.58. The van der Waals surface area contributed by atoms with Crippen LogP contribution in [0.4, 0.5) is 0 Å². The van der Waals surface area contributed by atoms with Crippen molar-refractivity contribution in [2.75, 3.05) is 52.6 Å². The molecule has 1 unspecified atom stereocenters. The van der Waals surface area contributed by atoms with Crippen molar-refractivity contribution in [3.05, 3.63) is 0 Å². The van der Waals surface area contributed by atoms with E-state index in [-0.39, 0.29) is 18.6 Å². The minimum absolute atomic E-state index is 0.0841. The second-order valence-electron chi connectivity index (χ2n) is 4.22. The molecular weight excluding hydrogens is 222 g/mol. The summed E-state index contributed by atoms with van der Waals surface area (Å²) in [5.74, 6) is -0.0841. The highest BCUT2D eigenvalue weighted by Crippen LogP contribution is 1.98. The summed E-state index contributed by atoms with van der Waals surface area (Å²) >= 11 is 0. The molecule has 1 heterocycles. The Morgan fingerprint density at radius 3 is 2.88 bits per heavy atom. The van der Waals surface area contributed by atoms with Crippen LogP contribution in [0.2, 0.25) is 0 Å². The SMILES string of the molecule is CC(CN1CCOCC1)NC(=O)COCCN. The molecule has 1 fully saturated rings. The molecule has 0 aromatic heterocycles. The Morgan fingerprint density at radius 2 is 2.24 bits per heavy atom. The van der Waals surface area contributed by atoms with Crippen LogP contribution in [-0.4, -0.2) is 69.5 Å². The Hall–Kier alpha value is -0.690. The van der Waals surface area contributed by atoms with Crippen molar-refractivity contribution in [3.8, 4) is 0 Å². The maximum atomic E-state index is 11.4. The lowest BCUT2D eigenvalue weighted by atomic mass is 10.3. The molecule has 0 aromatic rings. The van der Waals surface area contributed by atoms with E-state index in [2.05, 4.69) is 10.2 Å². The number of hydrogen-bond acceptors (Lipinski definition) is 5. The fraction of sp³-hybridized carbons (Fsp3) is 0.909. The first kappa shape index (κ1) is 14.4. The zero-order chi connectivity index (χ0) is 12.5. The lowest BCUT2D eigenvalue weighted by Gasteiger charge is -2.29. The number of nitrogens with two attached hydrogens (primary N) is 1. The van der Waals surface area contributed by atoms with Crippen LogP contribution < -0.4 is 11.1 Å². The van der Waals surface area contributed by atoms with Gasteiger partial charge in [-0.1, -0.05) is 0 Å². The molecule has 1 atom stereocenters. The van der Waals surface area contributed by atoms with E-state index in [1.54, 1.807) is 0 Å². The second kappa shape index (κ2) is 8.41. The molecule has 1 saturated heterocycles. The molecule has 0 radical (unpaired) electrons. The van der Waals surface area contributed by atoms with Crippen molar-refractivity contribution >= 4 is 5.91 Å². The van der Waals surface area contributed by atoms with Gasteiger partial charge in [-0.2, -0.15) is 0 Å². The number of carbonyl (C=O) groups excluding carboxylic acids is 1. The molecule has 1 aliphatic rings. The van der Waals surface area contributed by atoms with Crippen molar-refractivity contribution in [1.82, 2.24) is 10.2 Å². The summed E-state index contributed by atoms with van der Waals surface area (Å²) in [6, 6.07) is 0.127. The highest BCUT2D eigenvalue weighted by Gasteiger charge is 2.14. The minimum Gasteiger partial charge on any atom is -0.379 e. The molecule has 1 amide bonds. The van der Waals surface area contributed by atoms with Crippen LogP contribution in [0, 0.1) is 0 Å². The van der Waals surface area contributed by atoms with Crippen LogP contribution in [0.1, 0.15) is 6.92 Å². The summed E-state index contributed by atoms with van der Waals surface area (Å²) in [7, 11) is 0. The number of amides is 1. The van der Waals surface area contributed by atoms with E-state index in [1.807, 2.05) is 6.92 Å². The molecule has 1 rings (SSSR count). The van der Waals surface area contributed by atoms with E-state index >= 15 is 0 Å². The lowest BCUT2D eigenvalue weighted by Crippen LogP contribution is -2.46. The van der Waals surface area contributed by atoms with E-state index in [1.165, 1.54) is 0 Å². The first-order valence-electron chi connectivity index (χ1n) is 6.09. The predicted octanol–water partition coefficient (Wildman–Crippen LogP) is -1.20. The lowest BCUT2D eigenvalue weighted by molar-refractivity contribution is -0.126. The van der Waals surface area contributed by atoms with Gasteiger partial charge in [0.2, 0.25) is 5.91 Å². The van der Waals surface area contributed by atoms with Crippen molar-refractivity contribution < 1.29 is 14.3 Å². The number of morpholine rings is 1. The van der Waals surface area contributed by atoms with E-state index in [0.29, 0.717) is 13.2 Å². The van der Waals surface area contributed by atoms with Gasteiger partial charge in [0.1, 0.15) is 6.61 Å². The molecule has 0 spiro atoms. The van der Waals surface area contributed by atoms with E-state index in [9.17, 15) is 4.79 Å². The molecule has 0 aromatic carbocycles. The molecule has 6 nitrogen and oxygen atoms in total. The number of nitrogens with one attached hydrogen (secondary N) is 1. The van der Waals surface area contributed by atoms with Gasteiger partial charge in [0.15, 0.2) is 0 Å². The quantitative estimate of drug-likeness (QED) is 0.551. The summed E-state index contributed by atoms with van der Waals surface area (Å²) < 4.78 is 10.3. The molecular formula is C11H23N3O3. The van der Waals surface area contributed by atoms with Gasteiger partial charge in [0, 0.05) is 32.2 Å². The van der Waals surface area contributed by atoms with Crippen molar-refractivity contribution in [2.24, 2.45) is 5.73 Å². The Bertz CT molecular complexity index is 220. The molecule has 3 N–H and O–H groups in total. The second-order valence-corrected chi connectivity index (χ2v) is 4.22. The number of carbonyl (C=O) groups is 1. The average Bonchev–Trinajstić information content (AvgIpc) is 2.30. The van der Waals surface area contributed by atoms with Gasteiger partial charge in [0.05, 0.1) is 19.8 Å². The standard InChI is InChI=1S/C11H23N3O3/c1-10(8-14-3-6-16-7-4-14)13-11(15)9-17-5-2-12/h10H,2-9,12H2,1H3,(H,13,15). The first-order chi connectivity index (χ1) is 8.22. The Balaban J connectivity index is 2.10. The Labute approximate surface area is 102 Å². The van der Waals surface area contributed by atoms with Crippen LogP contribution in [0.25, 0.3) is 0 Å². The molecule has 6 heteroatoms. The van der Waals surface area contributed by atoms with E-state index < -0.39 is 0 Å². The number of nitrogens with zero attached hydrogens (tertiary/aromatic N) is 1. The molecule has 0 saturated carbocycles. The third-order valence-electron chi connectivity index (χ3n) is 2.54. The van der Waals surface area contributed by atoms with E-state index in [4.69, 9.17) is 15.2 Å². The van der Waals surface area contributed by atoms with Crippen LogP contribution in [0.5, 0.6) is 0 Å². The highest BCUT2D eigenvalue weighted by molar-refractivity contribution is 5.77. The highest BCUT2D eigenvalue weighted by atomic mass is 16.5. The van der Waals surface area contributed by atoms with Gasteiger partial charge >= 0.3 is 0 Å². The van der Waals surface area contributed by atoms with Crippen LogP contribution in [0.3, 0.4) is 0 Å². The fourth-order valence-corrected chi connectivity index (χ4v) is 1.78. The topological polar surface area (TPSA) is 76.8 Å². The van der Waals surface area contributed by atoms with Crippen LogP contribution >= 0.6 is 0 Å². The molecule has 100 valence electrons. The molecule has 1 aliphatic heterocycles. The van der Waals surface area contributed by atoms with Gasteiger partial charge < -0.3 is 20.5 Å². The van der Waals surface area contributed by atoms with Crippen LogP contribution in [-0.2, 0) is 14.3 Å². The number of hydrogen-bond donors (Lipinski definition) is 2. The van der Waals surface area contributed by atoms with Gasteiger partial charge in [-0.15, -0.1) is 0 Å². The molecule has 17 heavy (non-hydrogen) atoms. The largest absolute Gasteiger partial charge is 0.379 e. The normalized spacial score (nSPS) is 18.9.